The first-order valence-corrected chi connectivity index (χ1v) is 6.21. The van der Waals surface area contributed by atoms with Gasteiger partial charge in [-0.15, -0.1) is 6.58 Å². The van der Waals surface area contributed by atoms with Crippen LogP contribution >= 0.6 is 0 Å². The van der Waals surface area contributed by atoms with E-state index in [1.807, 2.05) is 6.08 Å². The molecule has 0 radical (unpaired) electrons. The van der Waals surface area contributed by atoms with Crippen LogP contribution in [0.4, 0.5) is 0 Å². The minimum Gasteiger partial charge on any atom is -0.353 e. The van der Waals surface area contributed by atoms with Gasteiger partial charge in [-0.1, -0.05) is 12.5 Å². The predicted molar refractivity (Wildman–Crippen MR) is 62.8 cm³/mol. The highest BCUT2D eigenvalue weighted by molar-refractivity contribution is 4.66. The van der Waals surface area contributed by atoms with Gasteiger partial charge in [0.2, 0.25) is 0 Å². The maximum Gasteiger partial charge on any atom is 0.157 e. The zero-order valence-corrected chi connectivity index (χ0v) is 9.91. The molecule has 1 aliphatic heterocycles. The van der Waals surface area contributed by atoms with E-state index in [2.05, 4.69) is 13.5 Å². The molecule has 1 rings (SSSR count). The molecular formula is C13H24O2. The Hall–Kier alpha value is -0.340. The van der Waals surface area contributed by atoms with Crippen molar-refractivity contribution in [3.63, 3.8) is 0 Å². The lowest BCUT2D eigenvalue weighted by Gasteiger charge is -2.26. The highest BCUT2D eigenvalue weighted by Gasteiger charge is 2.16. The molecule has 0 N–H and O–H groups in total. The van der Waals surface area contributed by atoms with E-state index in [9.17, 15) is 0 Å². The number of hydrogen-bond donors (Lipinski definition) is 0. The SMILES string of the molecule is C=CCCCC[C@@H](C)OC1CCCCO1. The van der Waals surface area contributed by atoms with Gasteiger partial charge >= 0.3 is 0 Å². The largest absolute Gasteiger partial charge is 0.353 e. The molecule has 0 aromatic heterocycles. The fourth-order valence-corrected chi connectivity index (χ4v) is 1.87. The average molecular weight is 212 g/mol. The van der Waals surface area contributed by atoms with E-state index in [4.69, 9.17) is 9.47 Å². The first-order valence-electron chi connectivity index (χ1n) is 6.21. The van der Waals surface area contributed by atoms with Crippen LogP contribution < -0.4 is 0 Å². The molecule has 1 saturated heterocycles. The lowest BCUT2D eigenvalue weighted by molar-refractivity contribution is -0.185. The van der Waals surface area contributed by atoms with Crippen molar-refractivity contribution in [3.8, 4) is 0 Å². The van der Waals surface area contributed by atoms with Gasteiger partial charge < -0.3 is 9.47 Å². The molecule has 1 aliphatic rings. The Morgan fingerprint density at radius 2 is 2.33 bits per heavy atom. The van der Waals surface area contributed by atoms with Crippen molar-refractivity contribution in [1.29, 1.82) is 0 Å². The summed E-state index contributed by atoms with van der Waals surface area (Å²) < 4.78 is 11.4. The normalized spacial score (nSPS) is 23.7. The van der Waals surface area contributed by atoms with Crippen molar-refractivity contribution in [3.05, 3.63) is 12.7 Å². The van der Waals surface area contributed by atoms with Gasteiger partial charge in [-0.25, -0.2) is 0 Å². The van der Waals surface area contributed by atoms with Crippen LogP contribution in [-0.2, 0) is 9.47 Å². The number of ether oxygens (including phenoxy) is 2. The summed E-state index contributed by atoms with van der Waals surface area (Å²) in [7, 11) is 0. The number of rotatable bonds is 7. The summed E-state index contributed by atoms with van der Waals surface area (Å²) in [5.74, 6) is 0. The van der Waals surface area contributed by atoms with E-state index in [0.29, 0.717) is 6.10 Å². The molecular weight excluding hydrogens is 188 g/mol. The average Bonchev–Trinajstić information content (AvgIpc) is 2.26. The summed E-state index contributed by atoms with van der Waals surface area (Å²) in [5, 5.41) is 0. The summed E-state index contributed by atoms with van der Waals surface area (Å²) >= 11 is 0. The van der Waals surface area contributed by atoms with E-state index in [-0.39, 0.29) is 6.29 Å². The molecule has 1 fully saturated rings. The Bertz CT molecular complexity index is 162. The summed E-state index contributed by atoms with van der Waals surface area (Å²) in [6.45, 7) is 6.73. The first-order chi connectivity index (χ1) is 7.33. The second-order valence-corrected chi connectivity index (χ2v) is 4.32. The smallest absolute Gasteiger partial charge is 0.157 e. The van der Waals surface area contributed by atoms with Crippen molar-refractivity contribution < 1.29 is 9.47 Å². The Kier molecular flexibility index (Phi) is 6.69. The molecule has 0 saturated carbocycles. The fraction of sp³-hybridized carbons (Fsp3) is 0.846. The van der Waals surface area contributed by atoms with E-state index >= 15 is 0 Å². The second-order valence-electron chi connectivity index (χ2n) is 4.32. The number of allylic oxidation sites excluding steroid dienone is 1. The second kappa shape index (κ2) is 7.89. The summed E-state index contributed by atoms with van der Waals surface area (Å²) in [5.41, 5.74) is 0. The summed E-state index contributed by atoms with van der Waals surface area (Å²) in [6.07, 6.45) is 10.6. The van der Waals surface area contributed by atoms with Gasteiger partial charge in [0, 0.05) is 6.61 Å². The van der Waals surface area contributed by atoms with Crippen LogP contribution in [0.2, 0.25) is 0 Å². The molecule has 0 aromatic carbocycles. The molecule has 0 bridgehead atoms. The topological polar surface area (TPSA) is 18.5 Å². The predicted octanol–water partition coefficient (Wildman–Crippen LogP) is 3.66. The van der Waals surface area contributed by atoms with Crippen molar-refractivity contribution >= 4 is 0 Å². The van der Waals surface area contributed by atoms with Gasteiger partial charge in [0.25, 0.3) is 0 Å². The fourth-order valence-electron chi connectivity index (χ4n) is 1.87. The highest BCUT2D eigenvalue weighted by Crippen LogP contribution is 2.17. The van der Waals surface area contributed by atoms with Crippen LogP contribution in [-0.4, -0.2) is 19.0 Å². The molecule has 1 unspecified atom stereocenters. The molecule has 0 aromatic rings. The Labute approximate surface area is 93.7 Å². The zero-order valence-electron chi connectivity index (χ0n) is 9.91. The number of hydrogen-bond acceptors (Lipinski definition) is 2. The van der Waals surface area contributed by atoms with Crippen LogP contribution in [0.15, 0.2) is 12.7 Å². The summed E-state index contributed by atoms with van der Waals surface area (Å²) in [6, 6.07) is 0. The third kappa shape index (κ3) is 5.95. The monoisotopic (exact) mass is 212 g/mol. The molecule has 15 heavy (non-hydrogen) atoms. The van der Waals surface area contributed by atoms with E-state index in [1.54, 1.807) is 0 Å². The van der Waals surface area contributed by atoms with Crippen LogP contribution in [0.25, 0.3) is 0 Å². The van der Waals surface area contributed by atoms with Crippen LogP contribution in [0.1, 0.15) is 51.9 Å². The highest BCUT2D eigenvalue weighted by atomic mass is 16.7. The molecule has 1 heterocycles. The van der Waals surface area contributed by atoms with Crippen molar-refractivity contribution in [1.82, 2.24) is 0 Å². The van der Waals surface area contributed by atoms with Gasteiger partial charge in [-0.05, 0) is 45.4 Å². The molecule has 88 valence electrons. The maximum absolute atomic E-state index is 5.82. The van der Waals surface area contributed by atoms with Gasteiger partial charge in [0.1, 0.15) is 0 Å². The standard InChI is InChI=1S/C13H24O2/c1-3-4-5-6-9-12(2)15-13-10-7-8-11-14-13/h3,12-13H,1,4-11H2,2H3/t12-,13?/m1/s1. The minimum absolute atomic E-state index is 0.0631. The Balaban J connectivity index is 2.01. The van der Waals surface area contributed by atoms with Gasteiger partial charge in [0.15, 0.2) is 6.29 Å². The maximum atomic E-state index is 5.82. The van der Waals surface area contributed by atoms with Crippen LogP contribution in [0, 0.1) is 0 Å². The molecule has 2 heteroatoms. The third-order valence-corrected chi connectivity index (χ3v) is 2.79. The van der Waals surface area contributed by atoms with Crippen LogP contribution in [0.5, 0.6) is 0 Å². The molecule has 2 nitrogen and oxygen atoms in total. The van der Waals surface area contributed by atoms with Crippen molar-refractivity contribution in [2.45, 2.75) is 64.3 Å². The van der Waals surface area contributed by atoms with E-state index in [0.717, 1.165) is 25.9 Å². The lowest BCUT2D eigenvalue weighted by atomic mass is 10.1. The third-order valence-electron chi connectivity index (χ3n) is 2.79. The van der Waals surface area contributed by atoms with Gasteiger partial charge in [-0.2, -0.15) is 0 Å². The molecule has 0 spiro atoms. The Morgan fingerprint density at radius 1 is 1.47 bits per heavy atom. The molecule has 0 amide bonds. The molecule has 0 aliphatic carbocycles. The quantitative estimate of drug-likeness (QED) is 0.473. The lowest BCUT2D eigenvalue weighted by Crippen LogP contribution is -2.26. The molecule has 2 atom stereocenters. The van der Waals surface area contributed by atoms with Gasteiger partial charge in [0.05, 0.1) is 6.10 Å². The van der Waals surface area contributed by atoms with Gasteiger partial charge in [-0.3, -0.25) is 0 Å². The van der Waals surface area contributed by atoms with Crippen molar-refractivity contribution in [2.75, 3.05) is 6.61 Å². The van der Waals surface area contributed by atoms with E-state index < -0.39 is 0 Å². The minimum atomic E-state index is 0.0631. The number of unbranched alkanes of at least 4 members (excludes halogenated alkanes) is 2. The summed E-state index contributed by atoms with van der Waals surface area (Å²) in [4.78, 5) is 0. The van der Waals surface area contributed by atoms with Crippen molar-refractivity contribution in [2.24, 2.45) is 0 Å². The zero-order chi connectivity index (χ0) is 10.9. The first kappa shape index (κ1) is 12.7. The Morgan fingerprint density at radius 3 is 3.00 bits per heavy atom. The van der Waals surface area contributed by atoms with Crippen LogP contribution in [0.3, 0.4) is 0 Å². The van der Waals surface area contributed by atoms with E-state index in [1.165, 1.54) is 25.7 Å².